The number of benzene rings is 1. The van der Waals surface area contributed by atoms with Crippen molar-refractivity contribution in [2.45, 2.75) is 51.2 Å². The molecule has 2 aliphatic rings. The number of ether oxygens (including phenoxy) is 2. The fourth-order valence-corrected chi connectivity index (χ4v) is 4.55. The number of β-amino-alcohol motifs (C(OH)–C–C–N with tert-alkyl or cyclic N) is 1. The van der Waals surface area contributed by atoms with Crippen LogP contribution >= 0.6 is 0 Å². The fourth-order valence-electron chi connectivity index (χ4n) is 4.55. The molecule has 1 heterocycles. The smallest absolute Gasteiger partial charge is 0.248 e. The maximum atomic E-state index is 13.5. The van der Waals surface area contributed by atoms with Crippen LogP contribution in [-0.2, 0) is 9.53 Å². The maximum Gasteiger partial charge on any atom is 0.248 e. The van der Waals surface area contributed by atoms with Crippen molar-refractivity contribution in [1.82, 2.24) is 9.80 Å². The number of halogens is 2. The third-order valence-electron chi connectivity index (χ3n) is 6.48. The SMILES string of the molecule is COCC(=O)N1CCN(C2CCC(C)(C)CC2)C[C@](O)(COc2ccc(F)c(F)c2)C1. The van der Waals surface area contributed by atoms with Crippen molar-refractivity contribution in [1.29, 1.82) is 0 Å². The number of methoxy groups -OCH3 is 1. The summed E-state index contributed by atoms with van der Waals surface area (Å²) in [6.07, 6.45) is 4.31. The van der Waals surface area contributed by atoms with Crippen LogP contribution in [0.1, 0.15) is 39.5 Å². The van der Waals surface area contributed by atoms with E-state index >= 15 is 0 Å². The van der Waals surface area contributed by atoms with Gasteiger partial charge in [0.25, 0.3) is 0 Å². The molecule has 1 aliphatic carbocycles. The minimum absolute atomic E-state index is 0.0578. The molecule has 1 amide bonds. The molecular formula is C23H34F2N2O4. The first-order valence-electron chi connectivity index (χ1n) is 10.9. The standard InChI is InChI=1S/C23H34F2N2O4/c1-22(2)8-6-17(7-9-22)26-10-11-27(21(28)13-30-3)15-23(29,14-26)16-31-18-4-5-19(24)20(25)12-18/h4-5,12,17,29H,6-11,13-16H2,1-3H3/t23-/m1/s1. The van der Waals surface area contributed by atoms with Gasteiger partial charge in [-0.3, -0.25) is 9.69 Å². The third kappa shape index (κ3) is 6.37. The van der Waals surface area contributed by atoms with Gasteiger partial charge in [-0.15, -0.1) is 0 Å². The Hall–Kier alpha value is -1.77. The van der Waals surface area contributed by atoms with Gasteiger partial charge in [-0.1, -0.05) is 13.8 Å². The number of aliphatic hydroxyl groups is 1. The third-order valence-corrected chi connectivity index (χ3v) is 6.48. The highest BCUT2D eigenvalue weighted by Gasteiger charge is 2.40. The minimum atomic E-state index is -1.35. The van der Waals surface area contributed by atoms with Crippen LogP contribution < -0.4 is 4.74 Å². The van der Waals surface area contributed by atoms with Crippen molar-refractivity contribution >= 4 is 5.91 Å². The van der Waals surface area contributed by atoms with E-state index < -0.39 is 17.2 Å². The van der Waals surface area contributed by atoms with Crippen LogP contribution in [0.25, 0.3) is 0 Å². The normalized spacial score (nSPS) is 25.3. The Bertz CT molecular complexity index is 766. The summed E-state index contributed by atoms with van der Waals surface area (Å²) in [6.45, 7) is 5.96. The van der Waals surface area contributed by atoms with Crippen LogP contribution in [0.2, 0.25) is 0 Å². The molecule has 1 saturated heterocycles. The zero-order chi connectivity index (χ0) is 22.6. The van der Waals surface area contributed by atoms with Gasteiger partial charge in [0.1, 0.15) is 24.6 Å². The van der Waals surface area contributed by atoms with Gasteiger partial charge in [0.05, 0.1) is 6.54 Å². The Balaban J connectivity index is 1.74. The first-order valence-corrected chi connectivity index (χ1v) is 10.9. The molecule has 0 bridgehead atoms. The second-order valence-electron chi connectivity index (χ2n) is 9.70. The van der Waals surface area contributed by atoms with E-state index in [4.69, 9.17) is 9.47 Å². The highest BCUT2D eigenvalue weighted by molar-refractivity contribution is 5.77. The lowest BCUT2D eigenvalue weighted by molar-refractivity contribution is -0.138. The van der Waals surface area contributed by atoms with Crippen molar-refractivity contribution < 1.29 is 28.2 Å². The number of carbonyl (C=O) groups is 1. The van der Waals surface area contributed by atoms with Crippen LogP contribution in [0.4, 0.5) is 8.78 Å². The molecule has 1 aromatic rings. The Labute approximate surface area is 183 Å². The topological polar surface area (TPSA) is 62.2 Å². The largest absolute Gasteiger partial charge is 0.490 e. The van der Waals surface area contributed by atoms with Crippen LogP contribution in [0.3, 0.4) is 0 Å². The van der Waals surface area contributed by atoms with Crippen molar-refractivity contribution in [2.75, 3.05) is 46.5 Å². The predicted octanol–water partition coefficient (Wildman–Crippen LogP) is 2.83. The van der Waals surface area contributed by atoms with Gasteiger partial charge in [-0.2, -0.15) is 0 Å². The van der Waals surface area contributed by atoms with E-state index in [9.17, 15) is 18.7 Å². The van der Waals surface area contributed by atoms with Gasteiger partial charge in [-0.25, -0.2) is 8.78 Å². The summed E-state index contributed by atoms with van der Waals surface area (Å²) < 4.78 is 37.4. The van der Waals surface area contributed by atoms with Gasteiger partial charge in [0.2, 0.25) is 5.91 Å². The average Bonchev–Trinajstić information content (AvgIpc) is 2.89. The van der Waals surface area contributed by atoms with Crippen LogP contribution in [0, 0.1) is 17.0 Å². The van der Waals surface area contributed by atoms with E-state index in [-0.39, 0.29) is 31.4 Å². The molecule has 0 unspecified atom stereocenters. The van der Waals surface area contributed by atoms with Crippen LogP contribution in [-0.4, -0.2) is 79.0 Å². The van der Waals surface area contributed by atoms with Gasteiger partial charge in [0.15, 0.2) is 11.6 Å². The number of nitrogens with zero attached hydrogens (tertiary/aromatic N) is 2. The van der Waals surface area contributed by atoms with E-state index in [1.54, 1.807) is 4.90 Å². The summed E-state index contributed by atoms with van der Waals surface area (Å²) in [6, 6.07) is 3.62. The van der Waals surface area contributed by atoms with Crippen LogP contribution in [0.5, 0.6) is 5.75 Å². The summed E-state index contributed by atoms with van der Waals surface area (Å²) >= 11 is 0. The molecular weight excluding hydrogens is 406 g/mol. The van der Waals surface area contributed by atoms with Crippen molar-refractivity contribution in [2.24, 2.45) is 5.41 Å². The number of amides is 1. The molecule has 31 heavy (non-hydrogen) atoms. The quantitative estimate of drug-likeness (QED) is 0.737. The summed E-state index contributed by atoms with van der Waals surface area (Å²) in [5, 5.41) is 11.5. The van der Waals surface area contributed by atoms with Crippen LogP contribution in [0.15, 0.2) is 18.2 Å². The van der Waals surface area contributed by atoms with Crippen molar-refractivity contribution in [3.8, 4) is 5.75 Å². The average molecular weight is 441 g/mol. The zero-order valence-electron chi connectivity index (χ0n) is 18.7. The predicted molar refractivity (Wildman–Crippen MR) is 113 cm³/mol. The van der Waals surface area contributed by atoms with E-state index in [0.717, 1.165) is 37.8 Å². The molecule has 0 spiro atoms. The lowest BCUT2D eigenvalue weighted by atomic mass is 9.75. The van der Waals surface area contributed by atoms with Gasteiger partial charge in [0, 0.05) is 38.9 Å². The van der Waals surface area contributed by atoms with Crippen molar-refractivity contribution in [3.63, 3.8) is 0 Å². The molecule has 1 atom stereocenters. The molecule has 3 rings (SSSR count). The second-order valence-corrected chi connectivity index (χ2v) is 9.70. The second kappa shape index (κ2) is 9.79. The fraction of sp³-hybridized carbons (Fsp3) is 0.696. The van der Waals surface area contributed by atoms with E-state index in [0.29, 0.717) is 31.1 Å². The Morgan fingerprint density at radius 3 is 2.52 bits per heavy atom. The molecule has 1 saturated carbocycles. The minimum Gasteiger partial charge on any atom is -0.490 e. The summed E-state index contributed by atoms with van der Waals surface area (Å²) in [4.78, 5) is 16.4. The molecule has 6 nitrogen and oxygen atoms in total. The molecule has 0 radical (unpaired) electrons. The molecule has 1 aliphatic heterocycles. The summed E-state index contributed by atoms with van der Waals surface area (Å²) in [7, 11) is 1.46. The van der Waals surface area contributed by atoms with E-state index in [1.807, 2.05) is 0 Å². The monoisotopic (exact) mass is 440 g/mol. The Morgan fingerprint density at radius 2 is 1.87 bits per heavy atom. The van der Waals surface area contributed by atoms with E-state index in [2.05, 4.69) is 18.7 Å². The number of hydrogen-bond donors (Lipinski definition) is 1. The van der Waals surface area contributed by atoms with E-state index in [1.165, 1.54) is 13.2 Å². The summed E-state index contributed by atoms with van der Waals surface area (Å²) in [5.41, 5.74) is -1.02. The van der Waals surface area contributed by atoms with Gasteiger partial charge in [-0.05, 0) is 43.2 Å². The van der Waals surface area contributed by atoms with Crippen molar-refractivity contribution in [3.05, 3.63) is 29.8 Å². The lowest BCUT2D eigenvalue weighted by Gasteiger charge is -2.41. The molecule has 8 heteroatoms. The molecule has 1 aromatic carbocycles. The summed E-state index contributed by atoms with van der Waals surface area (Å²) in [5.74, 6) is -2.02. The van der Waals surface area contributed by atoms with Gasteiger partial charge < -0.3 is 19.5 Å². The first-order chi connectivity index (χ1) is 14.6. The Morgan fingerprint density at radius 1 is 1.16 bits per heavy atom. The molecule has 2 fully saturated rings. The first kappa shape index (κ1) is 23.9. The van der Waals surface area contributed by atoms with Gasteiger partial charge >= 0.3 is 0 Å². The molecule has 174 valence electrons. The number of rotatable bonds is 6. The molecule has 0 aromatic heterocycles. The number of carbonyl (C=O) groups excluding carboxylic acids is 1. The molecule has 1 N–H and O–H groups in total. The lowest BCUT2D eigenvalue weighted by Crippen LogP contribution is -2.54. The number of hydrogen-bond acceptors (Lipinski definition) is 5. The highest BCUT2D eigenvalue weighted by atomic mass is 19.2. The Kier molecular flexibility index (Phi) is 7.55. The zero-order valence-corrected chi connectivity index (χ0v) is 18.7. The maximum absolute atomic E-state index is 13.5. The highest BCUT2D eigenvalue weighted by Crippen LogP contribution is 2.37.